The van der Waals surface area contributed by atoms with E-state index in [-0.39, 0.29) is 11.9 Å². The van der Waals surface area contributed by atoms with Crippen molar-refractivity contribution in [2.75, 3.05) is 19.6 Å². The smallest absolute Gasteiger partial charge is 0.253 e. The van der Waals surface area contributed by atoms with Crippen LogP contribution in [0.3, 0.4) is 0 Å². The van der Waals surface area contributed by atoms with Crippen LogP contribution in [0.5, 0.6) is 0 Å². The van der Waals surface area contributed by atoms with Crippen LogP contribution >= 0.6 is 0 Å². The lowest BCUT2D eigenvalue weighted by Gasteiger charge is -2.38. The van der Waals surface area contributed by atoms with Crippen molar-refractivity contribution in [1.82, 2.24) is 25.5 Å². The third-order valence-electron chi connectivity index (χ3n) is 7.29. The Morgan fingerprint density at radius 2 is 1.86 bits per heavy atom. The Morgan fingerprint density at radius 1 is 1.14 bits per heavy atom. The maximum Gasteiger partial charge on any atom is 0.253 e. The summed E-state index contributed by atoms with van der Waals surface area (Å²) in [5.41, 5.74) is 4.72. The van der Waals surface area contributed by atoms with Gasteiger partial charge in [0.1, 0.15) is 11.8 Å². The number of benzene rings is 1. The summed E-state index contributed by atoms with van der Waals surface area (Å²) in [4.78, 5) is 23.8. The van der Waals surface area contributed by atoms with E-state index in [0.717, 1.165) is 37.9 Å². The SMILES string of the molecule is Cc1cc(C#N)nc(C)c1C(=O)NCC[C@@H](C)N1CCC(NC(c2ccccc2)c2cccnc2)CC1. The summed E-state index contributed by atoms with van der Waals surface area (Å²) in [7, 11) is 0. The van der Waals surface area contributed by atoms with E-state index in [1.165, 1.54) is 11.1 Å². The zero-order chi connectivity index (χ0) is 26.2. The zero-order valence-corrected chi connectivity index (χ0v) is 21.9. The highest BCUT2D eigenvalue weighted by Gasteiger charge is 2.26. The van der Waals surface area contributed by atoms with E-state index in [9.17, 15) is 4.79 Å². The fourth-order valence-corrected chi connectivity index (χ4v) is 5.22. The van der Waals surface area contributed by atoms with Gasteiger partial charge in [-0.3, -0.25) is 9.78 Å². The number of rotatable bonds is 9. The Kier molecular flexibility index (Phi) is 8.99. The van der Waals surface area contributed by atoms with Gasteiger partial charge in [0.05, 0.1) is 17.3 Å². The number of nitrogens with one attached hydrogen (secondary N) is 2. The van der Waals surface area contributed by atoms with E-state index < -0.39 is 0 Å². The molecular formula is C30H36N6O. The third kappa shape index (κ3) is 6.79. The summed E-state index contributed by atoms with van der Waals surface area (Å²) in [6.07, 6.45) is 6.81. The fourth-order valence-electron chi connectivity index (χ4n) is 5.22. The molecule has 192 valence electrons. The Balaban J connectivity index is 1.27. The van der Waals surface area contributed by atoms with Gasteiger partial charge in [-0.05, 0) is 81.9 Å². The first-order valence-electron chi connectivity index (χ1n) is 13.1. The molecule has 1 unspecified atom stereocenters. The maximum absolute atomic E-state index is 12.8. The zero-order valence-electron chi connectivity index (χ0n) is 21.9. The largest absolute Gasteiger partial charge is 0.352 e. The second-order valence-corrected chi connectivity index (χ2v) is 9.90. The molecule has 0 saturated carbocycles. The quantitative estimate of drug-likeness (QED) is 0.458. The third-order valence-corrected chi connectivity index (χ3v) is 7.29. The number of hydrogen-bond donors (Lipinski definition) is 2. The van der Waals surface area contributed by atoms with Crippen LogP contribution in [0.2, 0.25) is 0 Å². The second-order valence-electron chi connectivity index (χ2n) is 9.90. The van der Waals surface area contributed by atoms with E-state index >= 15 is 0 Å². The van der Waals surface area contributed by atoms with Crippen molar-refractivity contribution in [2.45, 2.75) is 58.2 Å². The van der Waals surface area contributed by atoms with Crippen LogP contribution < -0.4 is 10.6 Å². The average molecular weight is 497 g/mol. The lowest BCUT2D eigenvalue weighted by molar-refractivity contribution is 0.0942. The molecule has 1 saturated heterocycles. The van der Waals surface area contributed by atoms with Gasteiger partial charge in [-0.2, -0.15) is 5.26 Å². The highest BCUT2D eigenvalue weighted by atomic mass is 16.1. The van der Waals surface area contributed by atoms with Crippen molar-refractivity contribution in [1.29, 1.82) is 5.26 Å². The number of aromatic nitrogens is 2. The van der Waals surface area contributed by atoms with E-state index in [1.807, 2.05) is 31.5 Å². The average Bonchev–Trinajstić information content (AvgIpc) is 2.92. The van der Waals surface area contributed by atoms with Crippen LogP contribution in [0, 0.1) is 25.2 Å². The van der Waals surface area contributed by atoms with E-state index in [0.29, 0.717) is 35.6 Å². The van der Waals surface area contributed by atoms with Gasteiger partial charge in [-0.1, -0.05) is 36.4 Å². The predicted octanol–water partition coefficient (Wildman–Crippen LogP) is 4.32. The van der Waals surface area contributed by atoms with E-state index in [1.54, 1.807) is 13.0 Å². The minimum Gasteiger partial charge on any atom is -0.352 e. The Hall–Kier alpha value is -3.60. The number of nitriles is 1. The van der Waals surface area contributed by atoms with Crippen molar-refractivity contribution in [3.63, 3.8) is 0 Å². The molecule has 0 spiro atoms. The molecule has 37 heavy (non-hydrogen) atoms. The number of amides is 1. The molecule has 2 atom stereocenters. The van der Waals surface area contributed by atoms with Gasteiger partial charge in [-0.25, -0.2) is 4.98 Å². The topological polar surface area (TPSA) is 93.9 Å². The van der Waals surface area contributed by atoms with Crippen LogP contribution in [0.15, 0.2) is 60.9 Å². The first kappa shape index (κ1) is 26.5. The van der Waals surface area contributed by atoms with Gasteiger partial charge in [0, 0.05) is 31.0 Å². The second kappa shape index (κ2) is 12.6. The number of likely N-dealkylation sites (tertiary alicyclic amines) is 1. The lowest BCUT2D eigenvalue weighted by Crippen LogP contribution is -2.47. The normalized spacial score (nSPS) is 16.1. The molecule has 3 aromatic rings. The molecule has 1 amide bonds. The number of piperidine rings is 1. The molecule has 1 aliphatic heterocycles. The van der Waals surface area contributed by atoms with E-state index in [2.05, 4.69) is 68.8 Å². The number of pyridine rings is 2. The van der Waals surface area contributed by atoms with Crippen LogP contribution in [0.1, 0.15) is 70.7 Å². The number of hydrogen-bond acceptors (Lipinski definition) is 6. The first-order valence-corrected chi connectivity index (χ1v) is 13.1. The van der Waals surface area contributed by atoms with Crippen LogP contribution in [0.4, 0.5) is 0 Å². The molecule has 1 aromatic carbocycles. The molecule has 1 fully saturated rings. The number of nitrogens with zero attached hydrogens (tertiary/aromatic N) is 4. The van der Waals surface area contributed by atoms with E-state index in [4.69, 9.17) is 5.26 Å². The highest BCUT2D eigenvalue weighted by Crippen LogP contribution is 2.25. The molecular weight excluding hydrogens is 460 g/mol. The molecule has 2 aromatic heterocycles. The van der Waals surface area contributed by atoms with Crippen LogP contribution in [-0.2, 0) is 0 Å². The summed E-state index contributed by atoms with van der Waals surface area (Å²) >= 11 is 0. The maximum atomic E-state index is 12.8. The van der Waals surface area contributed by atoms with Crippen LogP contribution in [-0.4, -0.2) is 52.5 Å². The number of aryl methyl sites for hydroxylation is 2. The molecule has 7 nitrogen and oxygen atoms in total. The molecule has 7 heteroatoms. The van der Waals surface area contributed by atoms with Gasteiger partial charge in [0.2, 0.25) is 0 Å². The fraction of sp³-hybridized carbons (Fsp3) is 0.400. The van der Waals surface area contributed by atoms with Crippen molar-refractivity contribution in [3.05, 3.63) is 94.6 Å². The summed E-state index contributed by atoms with van der Waals surface area (Å²) in [5, 5.41) is 16.0. The number of carbonyl (C=O) groups is 1. The van der Waals surface area contributed by atoms with Gasteiger partial charge >= 0.3 is 0 Å². The van der Waals surface area contributed by atoms with Crippen molar-refractivity contribution >= 4 is 5.91 Å². The minimum absolute atomic E-state index is 0.121. The van der Waals surface area contributed by atoms with Gasteiger partial charge in [-0.15, -0.1) is 0 Å². The summed E-state index contributed by atoms with van der Waals surface area (Å²) < 4.78 is 0. The molecule has 0 bridgehead atoms. The molecule has 0 aliphatic carbocycles. The molecule has 3 heterocycles. The molecule has 1 aliphatic rings. The summed E-state index contributed by atoms with van der Waals surface area (Å²) in [5.74, 6) is -0.121. The molecule has 0 radical (unpaired) electrons. The Bertz CT molecular complexity index is 1150. The van der Waals surface area contributed by atoms with Crippen LogP contribution in [0.25, 0.3) is 0 Å². The minimum atomic E-state index is -0.121. The standard InChI is InChI=1S/C30H36N6O/c1-21-18-27(19-31)34-23(3)28(21)30(37)33-15-11-22(2)36-16-12-26(13-17-36)35-29(24-8-5-4-6-9-24)25-10-7-14-32-20-25/h4-10,14,18,20,22,26,29,35H,11-13,15-17H2,1-3H3,(H,33,37)/t22-,29?/m1/s1. The van der Waals surface area contributed by atoms with Crippen molar-refractivity contribution < 1.29 is 4.79 Å². The van der Waals surface area contributed by atoms with Gasteiger partial charge in [0.25, 0.3) is 5.91 Å². The monoisotopic (exact) mass is 496 g/mol. The van der Waals surface area contributed by atoms with Gasteiger partial charge in [0.15, 0.2) is 0 Å². The Labute approximate surface area is 220 Å². The predicted molar refractivity (Wildman–Crippen MR) is 145 cm³/mol. The van der Waals surface area contributed by atoms with Crippen molar-refractivity contribution in [2.24, 2.45) is 0 Å². The summed E-state index contributed by atoms with van der Waals surface area (Å²) in [6, 6.07) is 19.4. The summed E-state index contributed by atoms with van der Waals surface area (Å²) in [6.45, 7) is 8.52. The molecule has 4 rings (SSSR count). The van der Waals surface area contributed by atoms with Crippen molar-refractivity contribution in [3.8, 4) is 6.07 Å². The number of carbonyl (C=O) groups excluding carboxylic acids is 1. The lowest BCUT2D eigenvalue weighted by atomic mass is 9.96. The Morgan fingerprint density at radius 3 is 2.51 bits per heavy atom. The highest BCUT2D eigenvalue weighted by molar-refractivity contribution is 5.96. The molecule has 2 N–H and O–H groups in total. The first-order chi connectivity index (χ1) is 18.0. The van der Waals surface area contributed by atoms with Gasteiger partial charge < -0.3 is 15.5 Å².